The molecule has 0 aliphatic heterocycles. The predicted molar refractivity (Wildman–Crippen MR) is 44.2 cm³/mol. The molecule has 0 N–H and O–H groups in total. The highest BCUT2D eigenvalue weighted by molar-refractivity contribution is 9.11. The van der Waals surface area contributed by atoms with Gasteiger partial charge in [0.1, 0.15) is 0 Å². The lowest BCUT2D eigenvalue weighted by atomic mass is 10.5. The van der Waals surface area contributed by atoms with Gasteiger partial charge in [-0.05, 0) is 44.8 Å². The zero-order valence-corrected chi connectivity index (χ0v) is 7.94. The molecule has 0 aliphatic carbocycles. The van der Waals surface area contributed by atoms with Crippen LogP contribution in [-0.4, -0.2) is 0 Å². The first-order chi connectivity index (χ1) is 3.70. The zero-order chi connectivity index (χ0) is 6.15. The Hall–Kier alpha value is 0.660. The Kier molecular flexibility index (Phi) is 2.12. The third-order valence-corrected chi connectivity index (χ3v) is 3.19. The molecule has 0 saturated heterocycles. The van der Waals surface area contributed by atoms with Crippen molar-refractivity contribution in [2.24, 2.45) is 0 Å². The lowest BCUT2D eigenvalue weighted by molar-refractivity contribution is 1.77. The van der Waals surface area contributed by atoms with Gasteiger partial charge >= 0.3 is 0 Å². The fraction of sp³-hybridized carbons (Fsp3) is 0. The summed E-state index contributed by atoms with van der Waals surface area (Å²) in [5, 5.41) is 0. The number of hydrogen-bond donors (Lipinski definition) is 0. The van der Waals surface area contributed by atoms with E-state index in [1.165, 1.54) is 0 Å². The van der Waals surface area contributed by atoms with Gasteiger partial charge in [0.05, 0.1) is 3.79 Å². The summed E-state index contributed by atoms with van der Waals surface area (Å²) in [5.41, 5.74) is 0. The maximum atomic E-state index is 3.78. The van der Waals surface area contributed by atoms with Crippen molar-refractivity contribution in [2.75, 3.05) is 0 Å². The molecule has 0 aliphatic rings. The van der Waals surface area contributed by atoms with Crippen LogP contribution in [0.15, 0.2) is 14.3 Å². The summed E-state index contributed by atoms with van der Waals surface area (Å²) in [6, 6.07) is 1.99. The predicted octanol–water partition coefficient (Wildman–Crippen LogP) is 3.46. The lowest BCUT2D eigenvalue weighted by Gasteiger charge is -1.76. The fourth-order valence-electron chi connectivity index (χ4n) is 0.376. The minimum Gasteiger partial charge on any atom is -0.132 e. The number of thiophene rings is 1. The van der Waals surface area contributed by atoms with E-state index in [1.54, 1.807) is 11.3 Å². The van der Waals surface area contributed by atoms with E-state index in [0.29, 0.717) is 0 Å². The quantitative estimate of drug-likeness (QED) is 0.665. The smallest absolute Gasteiger partial charge is 0.0713 e. The molecule has 1 heterocycles. The molecule has 0 unspecified atom stereocenters. The topological polar surface area (TPSA) is 0 Å². The Balaban J connectivity index is 3.14. The SMILES string of the molecule is [CH2]c1sc(Br)cc1Br. The second-order valence-electron chi connectivity index (χ2n) is 1.32. The van der Waals surface area contributed by atoms with Crippen LogP contribution in [0.3, 0.4) is 0 Å². The van der Waals surface area contributed by atoms with Crippen molar-refractivity contribution in [3.8, 4) is 0 Å². The number of rotatable bonds is 0. The van der Waals surface area contributed by atoms with Gasteiger partial charge in [-0.1, -0.05) is 0 Å². The standard InChI is InChI=1S/C5H3Br2S/c1-3-4(6)2-5(7)8-3/h2H,1H2. The highest BCUT2D eigenvalue weighted by Gasteiger charge is 1.97. The molecule has 1 aromatic rings. The van der Waals surface area contributed by atoms with Gasteiger partial charge in [-0.25, -0.2) is 0 Å². The molecule has 1 aromatic heterocycles. The van der Waals surface area contributed by atoms with Crippen molar-refractivity contribution < 1.29 is 0 Å². The van der Waals surface area contributed by atoms with Crippen molar-refractivity contribution in [1.82, 2.24) is 0 Å². The summed E-state index contributed by atoms with van der Waals surface area (Å²) >= 11 is 8.29. The molecule has 0 saturated carbocycles. The van der Waals surface area contributed by atoms with E-state index in [2.05, 4.69) is 38.8 Å². The Morgan fingerprint density at radius 3 is 2.25 bits per heavy atom. The van der Waals surface area contributed by atoms with E-state index in [1.807, 2.05) is 6.07 Å². The maximum absolute atomic E-state index is 3.78. The number of hydrogen-bond acceptors (Lipinski definition) is 1. The first kappa shape index (κ1) is 6.78. The molecule has 43 valence electrons. The van der Waals surface area contributed by atoms with Crippen LogP contribution in [0.1, 0.15) is 4.88 Å². The highest BCUT2D eigenvalue weighted by Crippen LogP contribution is 2.29. The molecular formula is C5H3Br2S. The van der Waals surface area contributed by atoms with Crippen LogP contribution in [0.2, 0.25) is 0 Å². The molecule has 1 rings (SSSR count). The molecule has 0 nitrogen and oxygen atoms in total. The molecule has 0 fully saturated rings. The molecule has 0 bridgehead atoms. The first-order valence-corrected chi connectivity index (χ1v) is 4.37. The van der Waals surface area contributed by atoms with Crippen LogP contribution < -0.4 is 0 Å². The molecule has 0 atom stereocenters. The van der Waals surface area contributed by atoms with E-state index in [0.717, 1.165) is 13.1 Å². The molecular weight excluding hydrogens is 252 g/mol. The molecule has 3 heteroatoms. The van der Waals surface area contributed by atoms with Crippen LogP contribution >= 0.6 is 43.2 Å². The monoisotopic (exact) mass is 253 g/mol. The summed E-state index contributed by atoms with van der Waals surface area (Å²) in [6.07, 6.45) is 0. The summed E-state index contributed by atoms with van der Waals surface area (Å²) in [5.74, 6) is 0. The van der Waals surface area contributed by atoms with Crippen LogP contribution in [0.5, 0.6) is 0 Å². The Labute approximate surface area is 69.2 Å². The lowest BCUT2D eigenvalue weighted by Crippen LogP contribution is -1.53. The van der Waals surface area contributed by atoms with Crippen molar-refractivity contribution in [3.63, 3.8) is 0 Å². The van der Waals surface area contributed by atoms with Gasteiger partial charge in [-0.15, -0.1) is 11.3 Å². The molecule has 0 aromatic carbocycles. The highest BCUT2D eigenvalue weighted by atomic mass is 79.9. The summed E-state index contributed by atoms with van der Waals surface area (Å²) < 4.78 is 2.20. The third-order valence-electron chi connectivity index (χ3n) is 0.727. The minimum absolute atomic E-state index is 1.07. The van der Waals surface area contributed by atoms with Crippen LogP contribution in [0, 0.1) is 6.92 Å². The van der Waals surface area contributed by atoms with Gasteiger partial charge in [0.15, 0.2) is 0 Å². The molecule has 1 radical (unpaired) electrons. The Morgan fingerprint density at radius 2 is 2.12 bits per heavy atom. The van der Waals surface area contributed by atoms with E-state index >= 15 is 0 Å². The van der Waals surface area contributed by atoms with Gasteiger partial charge in [0.25, 0.3) is 0 Å². The second kappa shape index (κ2) is 2.50. The van der Waals surface area contributed by atoms with Gasteiger partial charge < -0.3 is 0 Å². The second-order valence-corrected chi connectivity index (χ2v) is 4.69. The minimum atomic E-state index is 1.07. The Morgan fingerprint density at radius 1 is 1.50 bits per heavy atom. The van der Waals surface area contributed by atoms with Gasteiger partial charge in [0.2, 0.25) is 0 Å². The van der Waals surface area contributed by atoms with Crippen LogP contribution in [-0.2, 0) is 0 Å². The van der Waals surface area contributed by atoms with E-state index in [4.69, 9.17) is 0 Å². The Bertz CT molecular complexity index is 173. The van der Waals surface area contributed by atoms with E-state index < -0.39 is 0 Å². The van der Waals surface area contributed by atoms with Crippen molar-refractivity contribution in [3.05, 3.63) is 26.1 Å². The molecule has 0 amide bonds. The summed E-state index contributed by atoms with van der Waals surface area (Å²) in [6.45, 7) is 3.78. The van der Waals surface area contributed by atoms with Gasteiger partial charge in [-0.2, -0.15) is 0 Å². The number of halogens is 2. The molecule has 8 heavy (non-hydrogen) atoms. The van der Waals surface area contributed by atoms with Crippen molar-refractivity contribution in [1.29, 1.82) is 0 Å². The third kappa shape index (κ3) is 1.33. The van der Waals surface area contributed by atoms with Crippen molar-refractivity contribution >= 4 is 43.2 Å². The maximum Gasteiger partial charge on any atom is 0.0713 e. The summed E-state index contributed by atoms with van der Waals surface area (Å²) in [4.78, 5) is 1.07. The van der Waals surface area contributed by atoms with Crippen molar-refractivity contribution in [2.45, 2.75) is 0 Å². The average molecular weight is 255 g/mol. The average Bonchev–Trinajstić information content (AvgIpc) is 1.85. The normalized spacial score (nSPS) is 9.88. The first-order valence-electron chi connectivity index (χ1n) is 1.97. The zero-order valence-electron chi connectivity index (χ0n) is 3.95. The largest absolute Gasteiger partial charge is 0.132 e. The van der Waals surface area contributed by atoms with Crippen LogP contribution in [0.25, 0.3) is 0 Å². The van der Waals surface area contributed by atoms with E-state index in [9.17, 15) is 0 Å². The van der Waals surface area contributed by atoms with Crippen LogP contribution in [0.4, 0.5) is 0 Å². The fourth-order valence-corrected chi connectivity index (χ4v) is 2.69. The van der Waals surface area contributed by atoms with E-state index in [-0.39, 0.29) is 0 Å². The molecule has 0 spiro atoms. The van der Waals surface area contributed by atoms with Gasteiger partial charge in [-0.3, -0.25) is 0 Å². The summed E-state index contributed by atoms with van der Waals surface area (Å²) in [7, 11) is 0. The van der Waals surface area contributed by atoms with Gasteiger partial charge in [0, 0.05) is 9.35 Å².